The summed E-state index contributed by atoms with van der Waals surface area (Å²) in [5.74, 6) is 0.480. The third-order valence-electron chi connectivity index (χ3n) is 2.58. The van der Waals surface area contributed by atoms with Crippen LogP contribution in [0.2, 0.25) is 5.02 Å². The number of nitrogens with zero attached hydrogens (tertiary/aromatic N) is 1. The summed E-state index contributed by atoms with van der Waals surface area (Å²) in [5, 5.41) is 3.31. The van der Waals surface area contributed by atoms with Crippen molar-refractivity contribution >= 4 is 27.4 Å². The van der Waals surface area contributed by atoms with Gasteiger partial charge in [-0.2, -0.15) is 0 Å². The minimum Gasteiger partial charge on any atom is -0.383 e. The fourth-order valence-electron chi connectivity index (χ4n) is 1.75. The third kappa shape index (κ3) is 5.43. The highest BCUT2D eigenvalue weighted by atomic mass is 35.5. The highest BCUT2D eigenvalue weighted by Crippen LogP contribution is 2.23. The first-order valence-corrected chi connectivity index (χ1v) is 8.50. The van der Waals surface area contributed by atoms with E-state index in [1.54, 1.807) is 13.8 Å². The van der Waals surface area contributed by atoms with Gasteiger partial charge in [-0.1, -0.05) is 18.5 Å². The summed E-state index contributed by atoms with van der Waals surface area (Å²) in [4.78, 5) is 4.09. The van der Waals surface area contributed by atoms with Crippen LogP contribution in [-0.2, 0) is 14.8 Å². The van der Waals surface area contributed by atoms with Crippen LogP contribution in [0.15, 0.2) is 17.2 Å². The minimum atomic E-state index is -3.70. The highest BCUT2D eigenvalue weighted by Gasteiger charge is 2.27. The maximum absolute atomic E-state index is 12.3. The van der Waals surface area contributed by atoms with Crippen molar-refractivity contribution in [3.8, 4) is 0 Å². The summed E-state index contributed by atoms with van der Waals surface area (Å²) in [6.07, 6.45) is 2.21. The van der Waals surface area contributed by atoms with E-state index in [0.717, 1.165) is 13.0 Å². The van der Waals surface area contributed by atoms with Gasteiger partial charge < -0.3 is 10.1 Å². The lowest BCUT2D eigenvalue weighted by atomic mass is 10.1. The number of ether oxygens (including phenoxy) is 1. The standard InChI is InChI=1S/C13H22ClN3O3S/c1-5-6-15-12-11(14)7-10(8-16-12)21(18,19)17-13(2,3)9-20-4/h7-8,17H,5-6,9H2,1-4H3,(H,15,16). The van der Waals surface area contributed by atoms with Crippen molar-refractivity contribution in [1.29, 1.82) is 0 Å². The molecule has 2 N–H and O–H groups in total. The zero-order valence-electron chi connectivity index (χ0n) is 12.7. The molecule has 1 aromatic heterocycles. The molecule has 120 valence electrons. The van der Waals surface area contributed by atoms with Crippen molar-refractivity contribution in [2.75, 3.05) is 25.6 Å². The number of methoxy groups -OCH3 is 1. The number of halogens is 1. The molecule has 0 aromatic carbocycles. The highest BCUT2D eigenvalue weighted by molar-refractivity contribution is 7.89. The second kappa shape index (κ2) is 7.40. The lowest BCUT2D eigenvalue weighted by Crippen LogP contribution is -2.46. The smallest absolute Gasteiger partial charge is 0.242 e. The third-order valence-corrected chi connectivity index (χ3v) is 4.54. The molecule has 0 aliphatic rings. The molecule has 0 bridgehead atoms. The van der Waals surface area contributed by atoms with E-state index in [1.165, 1.54) is 19.4 Å². The molecular formula is C13H22ClN3O3S. The maximum atomic E-state index is 12.3. The summed E-state index contributed by atoms with van der Waals surface area (Å²) < 4.78 is 32.2. The molecule has 21 heavy (non-hydrogen) atoms. The number of hydrogen-bond donors (Lipinski definition) is 2. The first-order chi connectivity index (χ1) is 9.72. The molecule has 0 aliphatic heterocycles. The van der Waals surface area contributed by atoms with Gasteiger partial charge in [0.05, 0.1) is 17.2 Å². The molecule has 0 fully saturated rings. The van der Waals surface area contributed by atoms with Gasteiger partial charge in [0.2, 0.25) is 10.0 Å². The summed E-state index contributed by atoms with van der Waals surface area (Å²) in [6, 6.07) is 1.39. The van der Waals surface area contributed by atoms with Crippen molar-refractivity contribution in [2.24, 2.45) is 0 Å². The van der Waals surface area contributed by atoms with Gasteiger partial charge in [-0.3, -0.25) is 0 Å². The Morgan fingerprint density at radius 2 is 2.10 bits per heavy atom. The number of sulfonamides is 1. The fourth-order valence-corrected chi connectivity index (χ4v) is 3.42. The van der Waals surface area contributed by atoms with Gasteiger partial charge in [-0.05, 0) is 26.3 Å². The summed E-state index contributed by atoms with van der Waals surface area (Å²) >= 11 is 6.06. The molecule has 0 atom stereocenters. The van der Waals surface area contributed by atoms with E-state index in [9.17, 15) is 8.42 Å². The lowest BCUT2D eigenvalue weighted by molar-refractivity contribution is 0.141. The van der Waals surface area contributed by atoms with E-state index in [0.29, 0.717) is 5.82 Å². The van der Waals surface area contributed by atoms with Crippen molar-refractivity contribution < 1.29 is 13.2 Å². The summed E-state index contributed by atoms with van der Waals surface area (Å²) in [7, 11) is -2.19. The number of pyridine rings is 1. The normalized spacial score (nSPS) is 12.4. The van der Waals surface area contributed by atoms with Crippen LogP contribution in [0.3, 0.4) is 0 Å². The van der Waals surface area contributed by atoms with Crippen molar-refractivity contribution in [3.05, 3.63) is 17.3 Å². The SMILES string of the molecule is CCCNc1ncc(S(=O)(=O)NC(C)(C)COC)cc1Cl. The van der Waals surface area contributed by atoms with Crippen LogP contribution in [0.25, 0.3) is 0 Å². The Bertz CT molecular complexity index is 576. The van der Waals surface area contributed by atoms with E-state index in [-0.39, 0.29) is 16.5 Å². The maximum Gasteiger partial charge on any atom is 0.242 e. The van der Waals surface area contributed by atoms with Gasteiger partial charge >= 0.3 is 0 Å². The van der Waals surface area contributed by atoms with Crippen molar-refractivity contribution in [3.63, 3.8) is 0 Å². The first kappa shape index (κ1) is 18.2. The zero-order valence-corrected chi connectivity index (χ0v) is 14.3. The summed E-state index contributed by atoms with van der Waals surface area (Å²) in [5.41, 5.74) is -0.723. The number of hydrogen-bond acceptors (Lipinski definition) is 5. The second-order valence-corrected chi connectivity index (χ2v) is 7.44. The molecule has 0 amide bonds. The van der Waals surface area contributed by atoms with E-state index >= 15 is 0 Å². The quantitative estimate of drug-likeness (QED) is 0.761. The topological polar surface area (TPSA) is 80.3 Å². The van der Waals surface area contributed by atoms with Gasteiger partial charge in [-0.25, -0.2) is 18.1 Å². The zero-order chi connectivity index (χ0) is 16.1. The Hall–Kier alpha value is -0.890. The van der Waals surface area contributed by atoms with Crippen LogP contribution in [0.5, 0.6) is 0 Å². The Kier molecular flexibility index (Phi) is 6.40. The van der Waals surface area contributed by atoms with Gasteiger partial charge in [0.25, 0.3) is 0 Å². The molecule has 6 nitrogen and oxygen atoms in total. The Morgan fingerprint density at radius 1 is 1.43 bits per heavy atom. The van der Waals surface area contributed by atoms with Gasteiger partial charge in [0.1, 0.15) is 10.7 Å². The molecule has 1 aromatic rings. The number of nitrogens with one attached hydrogen (secondary N) is 2. The first-order valence-electron chi connectivity index (χ1n) is 6.64. The van der Waals surface area contributed by atoms with Gasteiger partial charge in [0.15, 0.2) is 0 Å². The fraction of sp³-hybridized carbons (Fsp3) is 0.615. The van der Waals surface area contributed by atoms with E-state index in [1.807, 2.05) is 6.92 Å². The van der Waals surface area contributed by atoms with Crippen LogP contribution in [0.1, 0.15) is 27.2 Å². The molecule has 1 heterocycles. The summed E-state index contributed by atoms with van der Waals surface area (Å²) in [6.45, 7) is 6.46. The monoisotopic (exact) mass is 335 g/mol. The van der Waals surface area contributed by atoms with Crippen LogP contribution in [0.4, 0.5) is 5.82 Å². The van der Waals surface area contributed by atoms with E-state index in [2.05, 4.69) is 15.0 Å². The molecule has 0 radical (unpaired) electrons. The molecule has 0 spiro atoms. The Balaban J connectivity index is 2.96. The lowest BCUT2D eigenvalue weighted by Gasteiger charge is -2.24. The van der Waals surface area contributed by atoms with Crippen LogP contribution in [-0.4, -0.2) is 39.2 Å². The molecule has 0 aliphatic carbocycles. The molecular weight excluding hydrogens is 314 g/mol. The van der Waals surface area contributed by atoms with Gasteiger partial charge in [0, 0.05) is 19.9 Å². The number of anilines is 1. The second-order valence-electron chi connectivity index (χ2n) is 5.35. The largest absolute Gasteiger partial charge is 0.383 e. The van der Waals surface area contributed by atoms with Crippen molar-refractivity contribution in [2.45, 2.75) is 37.6 Å². The van der Waals surface area contributed by atoms with Crippen LogP contribution in [0, 0.1) is 0 Å². The average molecular weight is 336 g/mol. The number of aromatic nitrogens is 1. The predicted octanol–water partition coefficient (Wildman–Crippen LogP) is 2.26. The molecule has 0 saturated carbocycles. The average Bonchev–Trinajstić information content (AvgIpc) is 2.35. The van der Waals surface area contributed by atoms with Crippen LogP contribution >= 0.6 is 11.6 Å². The van der Waals surface area contributed by atoms with Crippen molar-refractivity contribution in [1.82, 2.24) is 9.71 Å². The molecule has 0 saturated heterocycles. The van der Waals surface area contributed by atoms with Gasteiger partial charge in [-0.15, -0.1) is 0 Å². The Morgan fingerprint density at radius 3 is 2.62 bits per heavy atom. The van der Waals surface area contributed by atoms with E-state index < -0.39 is 15.6 Å². The molecule has 0 unspecified atom stereocenters. The van der Waals surface area contributed by atoms with Crippen LogP contribution < -0.4 is 10.0 Å². The Labute approximate surface area is 131 Å². The molecule has 8 heteroatoms. The predicted molar refractivity (Wildman–Crippen MR) is 84.3 cm³/mol. The molecule has 1 rings (SSSR count). The van der Waals surface area contributed by atoms with E-state index in [4.69, 9.17) is 16.3 Å². The number of rotatable bonds is 8. The minimum absolute atomic E-state index is 0.0266.